The van der Waals surface area contributed by atoms with Crippen molar-refractivity contribution in [2.75, 3.05) is 11.4 Å². The summed E-state index contributed by atoms with van der Waals surface area (Å²) in [5, 5.41) is 22.3. The van der Waals surface area contributed by atoms with Crippen LogP contribution >= 0.6 is 0 Å². The second kappa shape index (κ2) is 7.93. The topological polar surface area (TPSA) is 89.5 Å². The van der Waals surface area contributed by atoms with Gasteiger partial charge in [0.2, 0.25) is 0 Å². The summed E-state index contributed by atoms with van der Waals surface area (Å²) in [5.74, 6) is -4.68. The molecule has 0 amide bonds. The molecule has 0 bridgehead atoms. The number of benzene rings is 2. The summed E-state index contributed by atoms with van der Waals surface area (Å²) in [6, 6.07) is 0.678. The first-order valence-electron chi connectivity index (χ1n) is 7.84. The zero-order valence-electron chi connectivity index (χ0n) is 14.5. The van der Waals surface area contributed by atoms with Crippen molar-refractivity contribution in [2.45, 2.75) is 19.5 Å². The maximum absolute atomic E-state index is 14.3. The largest absolute Gasteiger partial charge is 0.418 e. The van der Waals surface area contributed by atoms with Crippen molar-refractivity contribution in [3.8, 4) is 0 Å². The van der Waals surface area contributed by atoms with Crippen molar-refractivity contribution in [1.29, 1.82) is 0 Å². The minimum Gasteiger partial charge on any atom is -0.333 e. The molecule has 0 heterocycles. The molecule has 0 atom stereocenters. The lowest BCUT2D eigenvalue weighted by Gasteiger charge is -2.27. The molecule has 2 aromatic carbocycles. The van der Waals surface area contributed by atoms with Crippen LogP contribution < -0.4 is 4.90 Å². The highest BCUT2D eigenvalue weighted by Crippen LogP contribution is 2.47. The fraction of sp³-hybridized carbons (Fsp3) is 0.250. The number of hydrogen-bond donors (Lipinski definition) is 0. The molecule has 0 aliphatic carbocycles. The number of rotatable bonds is 6. The summed E-state index contributed by atoms with van der Waals surface area (Å²) in [6.45, 7) is 0.971. The van der Waals surface area contributed by atoms with Crippen LogP contribution in [0.25, 0.3) is 0 Å². The van der Waals surface area contributed by atoms with Gasteiger partial charge < -0.3 is 4.90 Å². The van der Waals surface area contributed by atoms with Gasteiger partial charge in [0, 0.05) is 24.7 Å². The number of nitrogens with zero attached hydrogens (tertiary/aromatic N) is 3. The molecule has 0 fully saturated rings. The van der Waals surface area contributed by atoms with Gasteiger partial charge in [-0.25, -0.2) is 13.2 Å². The Balaban J connectivity index is 2.95. The van der Waals surface area contributed by atoms with Gasteiger partial charge in [0.1, 0.15) is 11.5 Å². The van der Waals surface area contributed by atoms with Crippen molar-refractivity contribution < 1.29 is 36.2 Å². The molecule has 0 aliphatic rings. The van der Waals surface area contributed by atoms with E-state index < -0.39 is 68.3 Å². The van der Waals surface area contributed by atoms with Crippen LogP contribution in [0.5, 0.6) is 0 Å². The van der Waals surface area contributed by atoms with Crippen molar-refractivity contribution >= 4 is 22.7 Å². The van der Waals surface area contributed by atoms with Crippen molar-refractivity contribution in [3.63, 3.8) is 0 Å². The van der Waals surface area contributed by atoms with Crippen LogP contribution in [0.1, 0.15) is 18.9 Å². The molecule has 7 nitrogen and oxygen atoms in total. The highest BCUT2D eigenvalue weighted by molar-refractivity contribution is 5.78. The Kier molecular flexibility index (Phi) is 5.99. The first-order valence-corrected chi connectivity index (χ1v) is 7.84. The smallest absolute Gasteiger partial charge is 0.333 e. The Bertz CT molecular complexity index is 980. The summed E-state index contributed by atoms with van der Waals surface area (Å²) < 4.78 is 81.9. The number of nitro groups is 2. The first kappa shape index (κ1) is 21.9. The maximum Gasteiger partial charge on any atom is 0.418 e. The average molecular weight is 423 g/mol. The van der Waals surface area contributed by atoms with E-state index in [1.165, 1.54) is 6.92 Å². The standard InChI is InChI=1S/C16H11F6N3O4/c1-2-3-23(13-7-11(18)10(17)6-12(13)19)15-9(16(20,21)22)4-8(24(26)27)5-14(15)25(28)29/h4-7H,2-3H2,1H3. The van der Waals surface area contributed by atoms with E-state index in [1.807, 2.05) is 0 Å². The predicted octanol–water partition coefficient (Wildman–Crippen LogP) is 5.49. The number of non-ortho nitro benzene ring substituents is 1. The Morgan fingerprint density at radius 1 is 0.931 bits per heavy atom. The molecule has 29 heavy (non-hydrogen) atoms. The third-order valence-corrected chi connectivity index (χ3v) is 3.79. The number of nitro benzene ring substituents is 2. The van der Waals surface area contributed by atoms with Crippen LogP contribution in [0.2, 0.25) is 0 Å². The normalized spacial score (nSPS) is 11.4. The van der Waals surface area contributed by atoms with E-state index in [9.17, 15) is 46.6 Å². The van der Waals surface area contributed by atoms with Gasteiger partial charge in [-0.3, -0.25) is 20.2 Å². The molecule has 0 unspecified atom stereocenters. The van der Waals surface area contributed by atoms with Crippen LogP contribution in [-0.2, 0) is 6.18 Å². The van der Waals surface area contributed by atoms with E-state index in [0.717, 1.165) is 0 Å². The SMILES string of the molecule is CCCN(c1cc(F)c(F)cc1F)c1c([N+](=O)[O-])cc([N+](=O)[O-])cc1C(F)(F)F. The molecular formula is C16H11F6N3O4. The van der Waals surface area contributed by atoms with Crippen LogP contribution in [0.3, 0.4) is 0 Å². The molecule has 0 N–H and O–H groups in total. The molecule has 2 rings (SSSR count). The summed E-state index contributed by atoms with van der Waals surface area (Å²) in [6.07, 6.45) is -5.29. The molecular weight excluding hydrogens is 412 g/mol. The predicted molar refractivity (Wildman–Crippen MR) is 88.4 cm³/mol. The molecule has 0 saturated heterocycles. The molecule has 0 aromatic heterocycles. The van der Waals surface area contributed by atoms with Gasteiger partial charge in [0.15, 0.2) is 11.6 Å². The van der Waals surface area contributed by atoms with Crippen LogP contribution in [0.15, 0.2) is 24.3 Å². The van der Waals surface area contributed by atoms with Gasteiger partial charge in [-0.1, -0.05) is 6.92 Å². The van der Waals surface area contributed by atoms with Gasteiger partial charge >= 0.3 is 6.18 Å². The van der Waals surface area contributed by atoms with Crippen molar-refractivity contribution in [2.24, 2.45) is 0 Å². The molecule has 156 valence electrons. The Morgan fingerprint density at radius 3 is 2.00 bits per heavy atom. The van der Waals surface area contributed by atoms with Gasteiger partial charge in [0.25, 0.3) is 11.4 Å². The molecule has 0 aliphatic heterocycles. The minimum atomic E-state index is -5.31. The van der Waals surface area contributed by atoms with Gasteiger partial charge in [-0.15, -0.1) is 0 Å². The maximum atomic E-state index is 14.3. The number of anilines is 2. The van der Waals surface area contributed by atoms with Crippen LogP contribution in [0, 0.1) is 37.7 Å². The summed E-state index contributed by atoms with van der Waals surface area (Å²) >= 11 is 0. The molecule has 0 saturated carbocycles. The van der Waals surface area contributed by atoms with E-state index >= 15 is 0 Å². The third-order valence-electron chi connectivity index (χ3n) is 3.79. The fourth-order valence-electron chi connectivity index (χ4n) is 2.64. The third kappa shape index (κ3) is 4.38. The first-order chi connectivity index (χ1) is 13.4. The summed E-state index contributed by atoms with van der Waals surface area (Å²) in [4.78, 5) is 20.2. The zero-order valence-corrected chi connectivity index (χ0v) is 14.5. The Labute approximate surface area is 158 Å². The monoisotopic (exact) mass is 423 g/mol. The number of alkyl halides is 3. The number of halogens is 6. The lowest BCUT2D eigenvalue weighted by Crippen LogP contribution is -2.24. The van der Waals surface area contributed by atoms with Crippen molar-refractivity contribution in [3.05, 3.63) is 67.5 Å². The van der Waals surface area contributed by atoms with Gasteiger partial charge in [-0.05, 0) is 6.42 Å². The molecule has 0 spiro atoms. The van der Waals surface area contributed by atoms with E-state index in [2.05, 4.69) is 0 Å². The lowest BCUT2D eigenvalue weighted by atomic mass is 10.1. The van der Waals surface area contributed by atoms with E-state index in [1.54, 1.807) is 0 Å². The molecule has 13 heteroatoms. The summed E-state index contributed by atoms with van der Waals surface area (Å²) in [7, 11) is 0. The zero-order chi connectivity index (χ0) is 22.1. The Morgan fingerprint density at radius 2 is 1.52 bits per heavy atom. The van der Waals surface area contributed by atoms with E-state index in [0.29, 0.717) is 4.90 Å². The lowest BCUT2D eigenvalue weighted by molar-refractivity contribution is -0.394. The summed E-state index contributed by atoms with van der Waals surface area (Å²) in [5.41, 5.74) is -6.47. The van der Waals surface area contributed by atoms with Gasteiger partial charge in [0.05, 0.1) is 27.2 Å². The van der Waals surface area contributed by atoms with E-state index in [-0.39, 0.29) is 30.7 Å². The molecule has 2 aromatic rings. The van der Waals surface area contributed by atoms with Crippen LogP contribution in [0.4, 0.5) is 49.1 Å². The van der Waals surface area contributed by atoms with Crippen LogP contribution in [-0.4, -0.2) is 16.4 Å². The highest BCUT2D eigenvalue weighted by atomic mass is 19.4. The highest BCUT2D eigenvalue weighted by Gasteiger charge is 2.42. The number of hydrogen-bond acceptors (Lipinski definition) is 5. The molecule has 0 radical (unpaired) electrons. The Hall–Kier alpha value is -3.38. The van der Waals surface area contributed by atoms with E-state index in [4.69, 9.17) is 0 Å². The second-order valence-electron chi connectivity index (χ2n) is 5.74. The average Bonchev–Trinajstić information content (AvgIpc) is 2.61. The second-order valence-corrected chi connectivity index (χ2v) is 5.74. The minimum absolute atomic E-state index is 0.0177. The quantitative estimate of drug-likeness (QED) is 0.265. The van der Waals surface area contributed by atoms with Crippen molar-refractivity contribution in [1.82, 2.24) is 0 Å². The van der Waals surface area contributed by atoms with Gasteiger partial charge in [-0.2, -0.15) is 13.2 Å². The fourth-order valence-corrected chi connectivity index (χ4v) is 2.64.